The Morgan fingerprint density at radius 2 is 2.16 bits per heavy atom. The fraction of sp³-hybridized carbons (Fsp3) is 0.533. The van der Waals surface area contributed by atoms with Gasteiger partial charge in [0.2, 0.25) is 0 Å². The van der Waals surface area contributed by atoms with Crippen LogP contribution in [0, 0.1) is 5.92 Å². The maximum Gasteiger partial charge on any atom is 0.335 e. The van der Waals surface area contributed by atoms with Gasteiger partial charge in [0, 0.05) is 24.2 Å². The van der Waals surface area contributed by atoms with Crippen LogP contribution in [0.2, 0.25) is 5.02 Å². The molecule has 1 aromatic rings. The van der Waals surface area contributed by atoms with Crippen molar-refractivity contribution in [2.24, 2.45) is 5.92 Å². The zero-order valence-electron chi connectivity index (χ0n) is 11.4. The summed E-state index contributed by atoms with van der Waals surface area (Å²) >= 11 is 6.19. The molecule has 2 rings (SSSR count). The molecule has 104 valence electrons. The molecule has 1 aliphatic rings. The van der Waals surface area contributed by atoms with Crippen LogP contribution in [0.4, 0.5) is 0 Å². The molecule has 0 radical (unpaired) electrons. The summed E-state index contributed by atoms with van der Waals surface area (Å²) in [6, 6.07) is 5.68. The van der Waals surface area contributed by atoms with Crippen LogP contribution >= 0.6 is 11.6 Å². The summed E-state index contributed by atoms with van der Waals surface area (Å²) in [6.45, 7) is 6.29. The van der Waals surface area contributed by atoms with Crippen molar-refractivity contribution < 1.29 is 9.90 Å². The third-order valence-electron chi connectivity index (χ3n) is 3.34. The smallest absolute Gasteiger partial charge is 0.335 e. The van der Waals surface area contributed by atoms with Gasteiger partial charge in [-0.25, -0.2) is 4.79 Å². The van der Waals surface area contributed by atoms with Gasteiger partial charge >= 0.3 is 5.97 Å². The quantitative estimate of drug-likeness (QED) is 0.865. The lowest BCUT2D eigenvalue weighted by Gasteiger charge is -2.24. The van der Waals surface area contributed by atoms with E-state index in [4.69, 9.17) is 16.7 Å². The topological polar surface area (TPSA) is 40.5 Å². The molecule has 1 saturated carbocycles. The lowest BCUT2D eigenvalue weighted by molar-refractivity contribution is 0.0697. The highest BCUT2D eigenvalue weighted by atomic mass is 35.5. The summed E-state index contributed by atoms with van der Waals surface area (Å²) in [5.41, 5.74) is 1.26. The molecule has 0 amide bonds. The molecule has 19 heavy (non-hydrogen) atoms. The second-order valence-corrected chi connectivity index (χ2v) is 6.07. The van der Waals surface area contributed by atoms with Gasteiger partial charge in [0.1, 0.15) is 0 Å². The minimum absolute atomic E-state index is 0.246. The number of rotatable bonds is 6. The molecule has 3 nitrogen and oxygen atoms in total. The first-order valence-corrected chi connectivity index (χ1v) is 7.11. The van der Waals surface area contributed by atoms with E-state index in [0.29, 0.717) is 17.0 Å². The summed E-state index contributed by atoms with van der Waals surface area (Å²) in [6.07, 6.45) is 2.52. The van der Waals surface area contributed by atoms with Crippen molar-refractivity contribution in [2.45, 2.75) is 39.3 Å². The molecule has 0 atom stereocenters. The molecular weight excluding hydrogens is 262 g/mol. The first-order chi connectivity index (χ1) is 8.97. The second kappa shape index (κ2) is 5.93. The minimum Gasteiger partial charge on any atom is -0.478 e. The van der Waals surface area contributed by atoms with Gasteiger partial charge in [-0.05, 0) is 36.5 Å². The van der Waals surface area contributed by atoms with Crippen LogP contribution < -0.4 is 0 Å². The number of halogens is 1. The van der Waals surface area contributed by atoms with Gasteiger partial charge in [-0.2, -0.15) is 0 Å². The van der Waals surface area contributed by atoms with Crippen LogP contribution in [0.15, 0.2) is 18.2 Å². The van der Waals surface area contributed by atoms with Gasteiger partial charge in [0.15, 0.2) is 0 Å². The maximum absolute atomic E-state index is 10.9. The minimum atomic E-state index is -0.935. The fourth-order valence-electron chi connectivity index (χ4n) is 2.28. The zero-order chi connectivity index (χ0) is 14.0. The zero-order valence-corrected chi connectivity index (χ0v) is 12.2. The number of nitrogens with zero attached hydrogens (tertiary/aromatic N) is 1. The molecule has 0 unspecified atom stereocenters. The van der Waals surface area contributed by atoms with E-state index in [1.165, 1.54) is 12.8 Å². The monoisotopic (exact) mass is 281 g/mol. The van der Waals surface area contributed by atoms with E-state index in [0.717, 1.165) is 18.7 Å². The lowest BCUT2D eigenvalue weighted by atomic mass is 10.1. The number of carbonyl (C=O) groups is 1. The lowest BCUT2D eigenvalue weighted by Crippen LogP contribution is -2.29. The normalized spacial score (nSPS) is 15.2. The van der Waals surface area contributed by atoms with Crippen LogP contribution in [0.5, 0.6) is 0 Å². The maximum atomic E-state index is 10.9. The highest BCUT2D eigenvalue weighted by Crippen LogP contribution is 2.30. The third kappa shape index (κ3) is 3.95. The van der Waals surface area contributed by atoms with Crippen molar-refractivity contribution in [3.63, 3.8) is 0 Å². The van der Waals surface area contributed by atoms with Crippen molar-refractivity contribution in [3.05, 3.63) is 34.3 Å². The van der Waals surface area contributed by atoms with E-state index in [-0.39, 0.29) is 5.56 Å². The largest absolute Gasteiger partial charge is 0.478 e. The van der Waals surface area contributed by atoms with Gasteiger partial charge < -0.3 is 5.11 Å². The van der Waals surface area contributed by atoms with Gasteiger partial charge in [0.25, 0.3) is 0 Å². The van der Waals surface area contributed by atoms with Crippen molar-refractivity contribution in [1.82, 2.24) is 4.90 Å². The number of benzene rings is 1. The van der Waals surface area contributed by atoms with E-state index in [1.807, 2.05) is 6.07 Å². The standard InChI is InChI=1S/C15H20ClNO2/c1-10(2)8-17(13-5-6-13)9-12-4-3-11(15(18)19)7-14(12)16/h3-4,7,10,13H,5-6,8-9H2,1-2H3,(H,18,19). The molecule has 1 fully saturated rings. The Hall–Kier alpha value is -1.06. The number of carboxylic acid groups (broad SMARTS) is 1. The second-order valence-electron chi connectivity index (χ2n) is 5.67. The Morgan fingerprint density at radius 1 is 1.47 bits per heavy atom. The Morgan fingerprint density at radius 3 is 2.63 bits per heavy atom. The van der Waals surface area contributed by atoms with E-state index in [1.54, 1.807) is 12.1 Å². The molecule has 0 spiro atoms. The Kier molecular flexibility index (Phi) is 4.48. The molecule has 0 aromatic heterocycles. The summed E-state index contributed by atoms with van der Waals surface area (Å²) in [5.74, 6) is -0.313. The fourth-order valence-corrected chi connectivity index (χ4v) is 2.52. The molecule has 0 heterocycles. The van der Waals surface area contributed by atoms with Gasteiger partial charge in [0.05, 0.1) is 5.56 Å². The van der Waals surface area contributed by atoms with E-state index in [2.05, 4.69) is 18.7 Å². The predicted octanol–water partition coefficient (Wildman–Crippen LogP) is 3.66. The molecule has 0 aliphatic heterocycles. The first kappa shape index (κ1) is 14.4. The highest BCUT2D eigenvalue weighted by molar-refractivity contribution is 6.31. The Balaban J connectivity index is 2.10. The number of carboxylic acids is 1. The van der Waals surface area contributed by atoms with Crippen LogP contribution in [0.3, 0.4) is 0 Å². The van der Waals surface area contributed by atoms with Crippen molar-refractivity contribution >= 4 is 17.6 Å². The number of hydrogen-bond donors (Lipinski definition) is 1. The average molecular weight is 282 g/mol. The molecule has 0 bridgehead atoms. The van der Waals surface area contributed by atoms with Crippen LogP contribution in [-0.4, -0.2) is 28.6 Å². The predicted molar refractivity (Wildman–Crippen MR) is 76.7 cm³/mol. The van der Waals surface area contributed by atoms with Crippen LogP contribution in [0.25, 0.3) is 0 Å². The van der Waals surface area contributed by atoms with Crippen molar-refractivity contribution in [3.8, 4) is 0 Å². The van der Waals surface area contributed by atoms with Gasteiger partial charge in [-0.15, -0.1) is 0 Å². The highest BCUT2D eigenvalue weighted by Gasteiger charge is 2.29. The van der Waals surface area contributed by atoms with Crippen LogP contribution in [0.1, 0.15) is 42.6 Å². The van der Waals surface area contributed by atoms with Gasteiger partial charge in [-0.3, -0.25) is 4.90 Å². The van der Waals surface area contributed by atoms with E-state index < -0.39 is 5.97 Å². The Bertz CT molecular complexity index is 469. The summed E-state index contributed by atoms with van der Waals surface area (Å²) in [5, 5.41) is 9.48. The van der Waals surface area contributed by atoms with Gasteiger partial charge in [-0.1, -0.05) is 31.5 Å². The summed E-state index contributed by atoms with van der Waals surface area (Å²) in [7, 11) is 0. The Labute approximate surface area is 119 Å². The molecule has 1 N–H and O–H groups in total. The van der Waals surface area contributed by atoms with Crippen molar-refractivity contribution in [1.29, 1.82) is 0 Å². The molecular formula is C15H20ClNO2. The molecule has 0 saturated heterocycles. The molecule has 1 aliphatic carbocycles. The number of hydrogen-bond acceptors (Lipinski definition) is 2. The average Bonchev–Trinajstić information content (AvgIpc) is 3.13. The van der Waals surface area contributed by atoms with E-state index >= 15 is 0 Å². The first-order valence-electron chi connectivity index (χ1n) is 6.73. The third-order valence-corrected chi connectivity index (χ3v) is 3.69. The van der Waals surface area contributed by atoms with E-state index in [9.17, 15) is 4.79 Å². The SMILES string of the molecule is CC(C)CN(Cc1ccc(C(=O)O)cc1Cl)C1CC1. The van der Waals surface area contributed by atoms with Crippen molar-refractivity contribution in [2.75, 3.05) is 6.54 Å². The molecule has 1 aromatic carbocycles. The summed E-state index contributed by atoms with van der Waals surface area (Å²) in [4.78, 5) is 13.3. The molecule has 4 heteroatoms. The van der Waals surface area contributed by atoms with Crippen LogP contribution in [-0.2, 0) is 6.54 Å². The summed E-state index contributed by atoms with van der Waals surface area (Å²) < 4.78 is 0. The number of aromatic carboxylic acids is 1.